The van der Waals surface area contributed by atoms with Gasteiger partial charge in [-0.1, -0.05) is 0 Å². The fourth-order valence-corrected chi connectivity index (χ4v) is 3.19. The molecule has 28 heavy (non-hydrogen) atoms. The van der Waals surface area contributed by atoms with Gasteiger partial charge in [0, 0.05) is 32.2 Å². The van der Waals surface area contributed by atoms with Crippen LogP contribution >= 0.6 is 0 Å². The van der Waals surface area contributed by atoms with E-state index in [-0.39, 0.29) is 16.7 Å². The first-order valence-corrected chi connectivity index (χ1v) is 8.31. The third-order valence-corrected chi connectivity index (χ3v) is 4.79. The van der Waals surface area contributed by atoms with Gasteiger partial charge in [0.15, 0.2) is 5.82 Å². The molecule has 2 aromatic heterocycles. The van der Waals surface area contributed by atoms with E-state index in [0.29, 0.717) is 31.0 Å². The molecular weight excluding hydrogens is 390 g/mol. The van der Waals surface area contributed by atoms with Crippen LogP contribution in [0.5, 0.6) is 0 Å². The minimum Gasteiger partial charge on any atom is -0.351 e. The molecule has 0 bridgehead atoms. The van der Waals surface area contributed by atoms with Gasteiger partial charge in [-0.05, 0) is 13.1 Å². The topological polar surface area (TPSA) is 49.6 Å². The molecule has 1 fully saturated rings. The van der Waals surface area contributed by atoms with Crippen molar-refractivity contribution in [2.45, 2.75) is 12.1 Å². The Hall–Kier alpha value is -2.63. The SMILES string of the molecule is CN1CCN(c2nc3cc(F)c(C(F)(F)C(F)(F)F)cc3n3cnnc23)CC1. The van der Waals surface area contributed by atoms with E-state index in [1.54, 1.807) is 0 Å². The number of piperazine rings is 1. The lowest BCUT2D eigenvalue weighted by Crippen LogP contribution is -2.45. The van der Waals surface area contributed by atoms with E-state index in [9.17, 15) is 26.3 Å². The Bertz CT molecular complexity index is 1040. The monoisotopic (exact) mass is 404 g/mol. The number of hydrogen-bond donors (Lipinski definition) is 0. The molecule has 0 N–H and O–H groups in total. The Balaban J connectivity index is 1.91. The highest BCUT2D eigenvalue weighted by Crippen LogP contribution is 2.45. The molecule has 0 spiro atoms. The fraction of sp³-hybridized carbons (Fsp3) is 0.438. The van der Waals surface area contributed by atoms with Crippen molar-refractivity contribution in [3.05, 3.63) is 29.8 Å². The Morgan fingerprint density at radius 2 is 1.68 bits per heavy atom. The van der Waals surface area contributed by atoms with E-state index >= 15 is 0 Å². The molecular formula is C16H14F6N6. The highest BCUT2D eigenvalue weighted by Gasteiger charge is 2.60. The van der Waals surface area contributed by atoms with Crippen molar-refractivity contribution in [1.82, 2.24) is 24.5 Å². The van der Waals surface area contributed by atoms with Crippen LogP contribution in [0.1, 0.15) is 5.56 Å². The van der Waals surface area contributed by atoms with Crippen LogP contribution < -0.4 is 4.90 Å². The molecule has 6 nitrogen and oxygen atoms in total. The number of alkyl halides is 5. The van der Waals surface area contributed by atoms with Gasteiger partial charge in [0.2, 0.25) is 5.65 Å². The summed E-state index contributed by atoms with van der Waals surface area (Å²) in [7, 11) is 1.95. The second-order valence-electron chi connectivity index (χ2n) is 6.64. The van der Waals surface area contributed by atoms with Gasteiger partial charge in [-0.3, -0.25) is 4.40 Å². The molecule has 1 aliphatic heterocycles. The zero-order valence-corrected chi connectivity index (χ0v) is 14.5. The molecule has 12 heteroatoms. The van der Waals surface area contributed by atoms with Crippen LogP contribution in [0.15, 0.2) is 18.5 Å². The molecule has 1 aromatic carbocycles. The van der Waals surface area contributed by atoms with E-state index in [4.69, 9.17) is 0 Å². The predicted octanol–water partition coefficient (Wildman–Crippen LogP) is 2.82. The second kappa shape index (κ2) is 6.19. The first-order valence-electron chi connectivity index (χ1n) is 8.31. The van der Waals surface area contributed by atoms with E-state index in [2.05, 4.69) is 20.1 Å². The zero-order chi connectivity index (χ0) is 20.3. The number of hydrogen-bond acceptors (Lipinski definition) is 5. The molecule has 0 unspecified atom stereocenters. The minimum absolute atomic E-state index is 0.0690. The van der Waals surface area contributed by atoms with Gasteiger partial charge in [0.05, 0.1) is 16.6 Å². The first kappa shape index (κ1) is 18.7. The largest absolute Gasteiger partial charge is 0.458 e. The molecule has 3 heterocycles. The Labute approximate surface area is 154 Å². The van der Waals surface area contributed by atoms with Crippen molar-refractivity contribution in [2.75, 3.05) is 38.1 Å². The van der Waals surface area contributed by atoms with E-state index < -0.39 is 23.5 Å². The average molecular weight is 404 g/mol. The maximum atomic E-state index is 14.2. The molecule has 3 aromatic rings. The molecule has 1 saturated heterocycles. The number of fused-ring (bicyclic) bond motifs is 3. The normalized spacial score (nSPS) is 17.0. The van der Waals surface area contributed by atoms with Crippen molar-refractivity contribution in [1.29, 1.82) is 0 Å². The van der Waals surface area contributed by atoms with Crippen molar-refractivity contribution in [3.8, 4) is 0 Å². The van der Waals surface area contributed by atoms with Gasteiger partial charge >= 0.3 is 12.1 Å². The molecule has 150 valence electrons. The van der Waals surface area contributed by atoms with Crippen LogP contribution in [-0.4, -0.2) is 63.9 Å². The minimum atomic E-state index is -5.93. The average Bonchev–Trinajstić information content (AvgIpc) is 3.10. The number of nitrogens with zero attached hydrogens (tertiary/aromatic N) is 6. The molecule has 0 atom stereocenters. The second-order valence-corrected chi connectivity index (χ2v) is 6.64. The van der Waals surface area contributed by atoms with Gasteiger partial charge in [-0.15, -0.1) is 10.2 Å². The summed E-state index contributed by atoms with van der Waals surface area (Å²) in [6.07, 6.45) is -4.76. The Kier molecular flexibility index (Phi) is 4.14. The summed E-state index contributed by atoms with van der Waals surface area (Å²) in [5, 5.41) is 7.64. The molecule has 0 radical (unpaired) electrons. The highest BCUT2D eigenvalue weighted by atomic mass is 19.4. The summed E-state index contributed by atoms with van der Waals surface area (Å²) in [5.74, 6) is -6.66. The number of halogens is 6. The molecule has 0 aliphatic carbocycles. The van der Waals surface area contributed by atoms with Crippen molar-refractivity contribution >= 4 is 22.5 Å². The summed E-state index contributed by atoms with van der Waals surface area (Å²) in [4.78, 5) is 8.28. The maximum absolute atomic E-state index is 14.2. The number of benzene rings is 1. The Morgan fingerprint density at radius 3 is 2.32 bits per heavy atom. The lowest BCUT2D eigenvalue weighted by molar-refractivity contribution is -0.290. The van der Waals surface area contributed by atoms with Crippen LogP contribution in [0.25, 0.3) is 16.7 Å². The van der Waals surface area contributed by atoms with Crippen LogP contribution in [0.2, 0.25) is 0 Å². The lowest BCUT2D eigenvalue weighted by atomic mass is 10.1. The number of likely N-dealkylation sites (N-methyl/N-ethyl adjacent to an activating group) is 1. The van der Waals surface area contributed by atoms with Crippen molar-refractivity contribution < 1.29 is 26.3 Å². The molecule has 0 amide bonds. The smallest absolute Gasteiger partial charge is 0.351 e. The third kappa shape index (κ3) is 2.82. The lowest BCUT2D eigenvalue weighted by Gasteiger charge is -2.33. The van der Waals surface area contributed by atoms with E-state index in [1.807, 2.05) is 11.9 Å². The van der Waals surface area contributed by atoms with Crippen molar-refractivity contribution in [2.24, 2.45) is 0 Å². The quantitative estimate of drug-likeness (QED) is 0.615. The van der Waals surface area contributed by atoms with Gasteiger partial charge in [0.1, 0.15) is 12.1 Å². The van der Waals surface area contributed by atoms with Gasteiger partial charge in [0.25, 0.3) is 0 Å². The summed E-state index contributed by atoms with van der Waals surface area (Å²) >= 11 is 0. The van der Waals surface area contributed by atoms with Gasteiger partial charge in [-0.2, -0.15) is 22.0 Å². The van der Waals surface area contributed by atoms with Crippen molar-refractivity contribution in [3.63, 3.8) is 0 Å². The highest BCUT2D eigenvalue weighted by molar-refractivity contribution is 5.83. The van der Waals surface area contributed by atoms with Crippen LogP contribution in [0.3, 0.4) is 0 Å². The third-order valence-electron chi connectivity index (χ3n) is 4.79. The molecule has 1 aliphatic rings. The summed E-state index contributed by atoms with van der Waals surface area (Å²) < 4.78 is 81.1. The van der Waals surface area contributed by atoms with Crippen LogP contribution in [0.4, 0.5) is 32.2 Å². The Morgan fingerprint density at radius 1 is 1.00 bits per heavy atom. The molecule has 4 rings (SSSR count). The fourth-order valence-electron chi connectivity index (χ4n) is 3.19. The van der Waals surface area contributed by atoms with E-state index in [1.165, 1.54) is 10.7 Å². The molecule has 0 saturated carbocycles. The summed E-state index contributed by atoms with van der Waals surface area (Å²) in [5.41, 5.74) is -1.78. The first-order chi connectivity index (χ1) is 13.1. The summed E-state index contributed by atoms with van der Waals surface area (Å²) in [6.45, 7) is 2.69. The van der Waals surface area contributed by atoms with E-state index in [0.717, 1.165) is 13.1 Å². The van der Waals surface area contributed by atoms with Gasteiger partial charge in [-0.25, -0.2) is 9.37 Å². The number of aromatic nitrogens is 4. The number of anilines is 1. The maximum Gasteiger partial charge on any atom is 0.458 e. The summed E-state index contributed by atoms with van der Waals surface area (Å²) in [6, 6.07) is 1.04. The number of rotatable bonds is 2. The zero-order valence-electron chi connectivity index (χ0n) is 14.5. The van der Waals surface area contributed by atoms with Crippen LogP contribution in [-0.2, 0) is 5.92 Å². The van der Waals surface area contributed by atoms with Crippen LogP contribution in [0, 0.1) is 5.82 Å². The standard InChI is InChI=1S/C16H14F6N6/c1-26-2-4-27(5-3-26)13-14-25-23-8-28(14)12-6-9(10(17)7-11(12)24-13)15(18,19)16(20,21)22/h6-8H,2-5H2,1H3. The van der Waals surface area contributed by atoms with Gasteiger partial charge < -0.3 is 9.80 Å². The predicted molar refractivity (Wildman–Crippen MR) is 87.9 cm³/mol.